The van der Waals surface area contributed by atoms with Crippen molar-refractivity contribution in [1.82, 2.24) is 5.01 Å². The molecule has 1 atom stereocenters. The molecular formula is C18H15N3O4. The Hall–Kier alpha value is -3.40. The first kappa shape index (κ1) is 16.5. The molecule has 1 aromatic carbocycles. The highest BCUT2D eigenvalue weighted by molar-refractivity contribution is 6.17. The molecule has 126 valence electrons. The maximum Gasteiger partial charge on any atom is 0.437 e. The molecule has 1 aliphatic carbocycles. The van der Waals surface area contributed by atoms with Gasteiger partial charge in [-0.3, -0.25) is 4.79 Å². The van der Waals surface area contributed by atoms with Crippen LogP contribution in [0.2, 0.25) is 0 Å². The number of carbonyl (C=O) groups excluding carboxylic acids is 2. The molecular weight excluding hydrogens is 322 g/mol. The Labute approximate surface area is 144 Å². The molecule has 25 heavy (non-hydrogen) atoms. The minimum atomic E-state index is -0.937. The third-order valence-corrected chi connectivity index (χ3v) is 4.17. The van der Waals surface area contributed by atoms with Crippen molar-refractivity contribution in [1.29, 1.82) is 5.26 Å². The number of hydrogen-bond donors (Lipinski definition) is 1. The van der Waals surface area contributed by atoms with E-state index in [4.69, 9.17) is 0 Å². The number of ketones is 1. The van der Waals surface area contributed by atoms with E-state index in [1.54, 1.807) is 6.08 Å². The summed E-state index contributed by atoms with van der Waals surface area (Å²) in [5.74, 6) is -1.25. The van der Waals surface area contributed by atoms with Crippen LogP contribution in [-0.4, -0.2) is 34.8 Å². The number of fused-ring (bicyclic) bond motifs is 1. The van der Waals surface area contributed by atoms with Gasteiger partial charge in [-0.2, -0.15) is 5.26 Å². The normalized spacial score (nSPS) is 19.6. The fourth-order valence-electron chi connectivity index (χ4n) is 2.98. The second-order valence-electron chi connectivity index (χ2n) is 5.61. The molecule has 0 radical (unpaired) electrons. The SMILES string of the molecule is COC(=O)N1N=C(C#N)C2=CCC(=O)C(Cc3ccccc3)C2=C1O. The van der Waals surface area contributed by atoms with Crippen molar-refractivity contribution in [2.75, 3.05) is 7.11 Å². The van der Waals surface area contributed by atoms with Crippen LogP contribution in [0.3, 0.4) is 0 Å². The average molecular weight is 337 g/mol. The molecule has 7 heteroatoms. The molecule has 1 heterocycles. The maximum atomic E-state index is 12.5. The Kier molecular flexibility index (Phi) is 4.35. The molecule has 1 unspecified atom stereocenters. The summed E-state index contributed by atoms with van der Waals surface area (Å²) in [5, 5.41) is 24.3. The standard InChI is InChI=1S/C18H15N3O4/c1-25-18(24)21-17(23)16-12(14(10-19)20-21)7-8-15(22)13(16)9-11-5-3-2-4-6-11/h2-7,13,23H,8-9H2,1H3. The van der Waals surface area contributed by atoms with Crippen molar-refractivity contribution in [3.63, 3.8) is 0 Å². The lowest BCUT2D eigenvalue weighted by molar-refractivity contribution is -0.121. The van der Waals surface area contributed by atoms with Crippen LogP contribution in [0.25, 0.3) is 0 Å². The van der Waals surface area contributed by atoms with Gasteiger partial charge in [0.25, 0.3) is 0 Å². The number of hydrazone groups is 1. The van der Waals surface area contributed by atoms with Gasteiger partial charge in [0.15, 0.2) is 5.71 Å². The summed E-state index contributed by atoms with van der Waals surface area (Å²) in [6.07, 6.45) is 1.12. The number of rotatable bonds is 2. The molecule has 0 saturated heterocycles. The van der Waals surface area contributed by atoms with E-state index < -0.39 is 17.9 Å². The highest BCUT2D eigenvalue weighted by Crippen LogP contribution is 2.36. The fourth-order valence-corrected chi connectivity index (χ4v) is 2.98. The van der Waals surface area contributed by atoms with Gasteiger partial charge in [-0.15, -0.1) is 10.1 Å². The van der Waals surface area contributed by atoms with Crippen molar-refractivity contribution in [2.24, 2.45) is 11.0 Å². The van der Waals surface area contributed by atoms with E-state index in [1.807, 2.05) is 36.4 Å². The van der Waals surface area contributed by atoms with Gasteiger partial charge in [0, 0.05) is 17.6 Å². The number of allylic oxidation sites excluding steroid dienone is 3. The summed E-state index contributed by atoms with van der Waals surface area (Å²) in [7, 11) is 1.14. The average Bonchev–Trinajstić information content (AvgIpc) is 2.64. The number of aliphatic hydroxyl groups is 1. The van der Waals surface area contributed by atoms with Crippen LogP contribution in [0.5, 0.6) is 0 Å². The van der Waals surface area contributed by atoms with Crippen LogP contribution in [0.15, 0.2) is 58.5 Å². The van der Waals surface area contributed by atoms with Crippen LogP contribution in [0.4, 0.5) is 4.79 Å². The Bertz CT molecular complexity index is 862. The van der Waals surface area contributed by atoms with Crippen LogP contribution < -0.4 is 0 Å². The van der Waals surface area contributed by atoms with Gasteiger partial charge in [0.05, 0.1) is 13.0 Å². The van der Waals surface area contributed by atoms with Crippen LogP contribution in [0, 0.1) is 17.2 Å². The Morgan fingerprint density at radius 2 is 2.16 bits per heavy atom. The van der Waals surface area contributed by atoms with Crippen LogP contribution in [-0.2, 0) is 16.0 Å². The summed E-state index contributed by atoms with van der Waals surface area (Å²) in [5.41, 5.74) is 1.49. The molecule has 0 fully saturated rings. The minimum Gasteiger partial charge on any atom is -0.493 e. The largest absolute Gasteiger partial charge is 0.493 e. The van der Waals surface area contributed by atoms with Crippen molar-refractivity contribution in [3.05, 3.63) is 59.0 Å². The monoisotopic (exact) mass is 337 g/mol. The number of carbonyl (C=O) groups is 2. The summed E-state index contributed by atoms with van der Waals surface area (Å²) in [6.45, 7) is 0. The van der Waals surface area contributed by atoms with Crippen LogP contribution in [0.1, 0.15) is 12.0 Å². The molecule has 3 rings (SSSR count). The van der Waals surface area contributed by atoms with E-state index in [0.29, 0.717) is 17.0 Å². The van der Waals surface area contributed by atoms with E-state index in [2.05, 4.69) is 9.84 Å². The van der Waals surface area contributed by atoms with Crippen molar-refractivity contribution < 1.29 is 19.4 Å². The number of nitrogens with zero attached hydrogens (tertiary/aromatic N) is 3. The zero-order valence-corrected chi connectivity index (χ0v) is 13.5. The molecule has 1 N–H and O–H groups in total. The molecule has 0 spiro atoms. The van der Waals surface area contributed by atoms with E-state index in [0.717, 1.165) is 12.7 Å². The Morgan fingerprint density at radius 3 is 2.80 bits per heavy atom. The lowest BCUT2D eigenvalue weighted by atomic mass is 9.77. The quantitative estimate of drug-likeness (QED) is 0.893. The summed E-state index contributed by atoms with van der Waals surface area (Å²) in [4.78, 5) is 24.3. The number of methoxy groups -OCH3 is 1. The second kappa shape index (κ2) is 6.61. The van der Waals surface area contributed by atoms with Gasteiger partial charge in [-0.25, -0.2) is 4.79 Å². The number of hydrogen-bond acceptors (Lipinski definition) is 6. The molecule has 7 nitrogen and oxygen atoms in total. The minimum absolute atomic E-state index is 0.0382. The first-order valence-electron chi connectivity index (χ1n) is 7.64. The lowest BCUT2D eigenvalue weighted by Gasteiger charge is -2.31. The number of nitriles is 1. The molecule has 1 amide bonds. The van der Waals surface area contributed by atoms with E-state index in [1.165, 1.54) is 0 Å². The smallest absolute Gasteiger partial charge is 0.437 e. The van der Waals surface area contributed by atoms with E-state index in [9.17, 15) is 20.0 Å². The predicted octanol–water partition coefficient (Wildman–Crippen LogP) is 2.48. The Morgan fingerprint density at radius 1 is 1.44 bits per heavy atom. The first-order chi connectivity index (χ1) is 12.1. The van der Waals surface area contributed by atoms with Crippen molar-refractivity contribution >= 4 is 17.6 Å². The molecule has 0 saturated carbocycles. The topological polar surface area (TPSA) is 103 Å². The number of aliphatic hydroxyl groups excluding tert-OH is 1. The van der Waals surface area contributed by atoms with Crippen molar-refractivity contribution in [2.45, 2.75) is 12.8 Å². The first-order valence-corrected chi connectivity index (χ1v) is 7.64. The van der Waals surface area contributed by atoms with Gasteiger partial charge in [0.1, 0.15) is 11.9 Å². The molecule has 0 bridgehead atoms. The van der Waals surface area contributed by atoms with Crippen LogP contribution >= 0.6 is 0 Å². The third-order valence-electron chi connectivity index (χ3n) is 4.17. The summed E-state index contributed by atoms with van der Waals surface area (Å²) >= 11 is 0. The van der Waals surface area contributed by atoms with Gasteiger partial charge in [0.2, 0.25) is 5.88 Å². The van der Waals surface area contributed by atoms with Gasteiger partial charge < -0.3 is 9.84 Å². The summed E-state index contributed by atoms with van der Waals surface area (Å²) < 4.78 is 4.58. The fraction of sp³-hybridized carbons (Fsp3) is 0.222. The highest BCUT2D eigenvalue weighted by Gasteiger charge is 2.39. The number of ether oxygens (including phenoxy) is 1. The molecule has 2 aliphatic rings. The van der Waals surface area contributed by atoms with Gasteiger partial charge >= 0.3 is 6.09 Å². The maximum absolute atomic E-state index is 12.5. The van der Waals surface area contributed by atoms with E-state index in [-0.39, 0.29) is 23.5 Å². The predicted molar refractivity (Wildman–Crippen MR) is 88.3 cm³/mol. The van der Waals surface area contributed by atoms with E-state index >= 15 is 0 Å². The zero-order chi connectivity index (χ0) is 18.0. The Balaban J connectivity index is 2.09. The number of benzene rings is 1. The third kappa shape index (κ3) is 2.90. The number of Topliss-reactive ketones (excluding diaryl/α,β-unsaturated/α-hetero) is 1. The number of amides is 1. The van der Waals surface area contributed by atoms with Gasteiger partial charge in [-0.1, -0.05) is 36.4 Å². The molecule has 1 aliphatic heterocycles. The lowest BCUT2D eigenvalue weighted by Crippen LogP contribution is -2.37. The summed E-state index contributed by atoms with van der Waals surface area (Å²) in [6, 6.07) is 11.3. The van der Waals surface area contributed by atoms with Gasteiger partial charge in [-0.05, 0) is 12.0 Å². The highest BCUT2D eigenvalue weighted by atomic mass is 16.5. The molecule has 1 aromatic rings. The second-order valence-corrected chi connectivity index (χ2v) is 5.61. The zero-order valence-electron chi connectivity index (χ0n) is 13.5. The van der Waals surface area contributed by atoms with Crippen molar-refractivity contribution in [3.8, 4) is 6.07 Å². The molecule has 0 aromatic heterocycles.